The van der Waals surface area contributed by atoms with Gasteiger partial charge in [0.1, 0.15) is 5.82 Å². The summed E-state index contributed by atoms with van der Waals surface area (Å²) in [6.07, 6.45) is 8.07. The number of carbonyl (C=O) groups is 1. The van der Waals surface area contributed by atoms with Crippen molar-refractivity contribution < 1.29 is 14.3 Å². The van der Waals surface area contributed by atoms with Gasteiger partial charge in [0.05, 0.1) is 17.5 Å². The summed E-state index contributed by atoms with van der Waals surface area (Å²) in [4.78, 5) is 22.5. The number of hydrogen-bond acceptors (Lipinski definition) is 5. The molecule has 5 rings (SSSR count). The summed E-state index contributed by atoms with van der Waals surface area (Å²) in [5.74, 6) is 0.118. The summed E-state index contributed by atoms with van der Waals surface area (Å²) >= 11 is 0. The first-order valence-electron chi connectivity index (χ1n) is 12.4. The Kier molecular flexibility index (Phi) is 6.82. The highest BCUT2D eigenvalue weighted by atomic mass is 19.1. The minimum atomic E-state index is -0.321. The van der Waals surface area contributed by atoms with Gasteiger partial charge in [0, 0.05) is 35.5 Å². The molecule has 1 aromatic carbocycles. The maximum Gasteiger partial charge on any atom is 0.168 e. The molecule has 6 heteroatoms. The monoisotopic (exact) mass is 471 g/mol. The number of Topliss-reactive ketones (excluding diaryl/α,β-unsaturated/α-hetero) is 1. The highest BCUT2D eigenvalue weighted by Crippen LogP contribution is 2.44. The molecule has 3 aromatic rings. The van der Waals surface area contributed by atoms with Crippen molar-refractivity contribution in [3.05, 3.63) is 94.8 Å². The van der Waals surface area contributed by atoms with E-state index in [1.165, 1.54) is 12.1 Å². The lowest BCUT2D eigenvalue weighted by atomic mass is 9.95. The van der Waals surface area contributed by atoms with Crippen molar-refractivity contribution in [1.82, 2.24) is 9.97 Å². The molecule has 4 atom stereocenters. The molecule has 0 spiro atoms. The number of benzene rings is 1. The van der Waals surface area contributed by atoms with Gasteiger partial charge in [-0.1, -0.05) is 18.2 Å². The van der Waals surface area contributed by atoms with Crippen LogP contribution in [0.4, 0.5) is 4.39 Å². The number of nitrogens with one attached hydrogen (secondary N) is 1. The van der Waals surface area contributed by atoms with Crippen LogP contribution in [0.25, 0.3) is 0 Å². The molecule has 2 aromatic heterocycles. The predicted molar refractivity (Wildman–Crippen MR) is 132 cm³/mol. The van der Waals surface area contributed by atoms with Crippen LogP contribution in [0.5, 0.6) is 0 Å². The zero-order chi connectivity index (χ0) is 24.4. The maximum atomic E-state index is 13.6. The van der Waals surface area contributed by atoms with Crippen LogP contribution in [0.2, 0.25) is 0 Å². The van der Waals surface area contributed by atoms with E-state index in [1.54, 1.807) is 12.3 Å². The number of carbonyl (C=O) groups excluding carboxylic acids is 1. The van der Waals surface area contributed by atoms with E-state index in [4.69, 9.17) is 10.4 Å². The fraction of sp³-hybridized carbons (Fsp3) is 0.379. The second-order valence-corrected chi connectivity index (χ2v) is 9.94. The van der Waals surface area contributed by atoms with E-state index in [2.05, 4.69) is 4.98 Å². The van der Waals surface area contributed by atoms with Crippen LogP contribution >= 0.6 is 0 Å². The van der Waals surface area contributed by atoms with Gasteiger partial charge in [0.2, 0.25) is 0 Å². The van der Waals surface area contributed by atoms with Gasteiger partial charge >= 0.3 is 0 Å². The molecule has 2 saturated carbocycles. The zero-order valence-electron chi connectivity index (χ0n) is 19.7. The van der Waals surface area contributed by atoms with Gasteiger partial charge in [0.25, 0.3) is 0 Å². The van der Waals surface area contributed by atoms with Crippen molar-refractivity contribution in [2.45, 2.75) is 57.0 Å². The second kappa shape index (κ2) is 10.2. The van der Waals surface area contributed by atoms with Gasteiger partial charge in [-0.05, 0) is 92.3 Å². The van der Waals surface area contributed by atoms with Crippen LogP contribution in [0, 0.1) is 23.1 Å². The van der Waals surface area contributed by atoms with Gasteiger partial charge in [-0.25, -0.2) is 4.39 Å². The average molecular weight is 472 g/mol. The lowest BCUT2D eigenvalue weighted by Crippen LogP contribution is -2.16. The van der Waals surface area contributed by atoms with Crippen LogP contribution in [0.15, 0.2) is 60.9 Å². The number of hydrogen-bond donors (Lipinski definition) is 2. The number of aromatic nitrogens is 2. The van der Waals surface area contributed by atoms with Crippen LogP contribution in [0.3, 0.4) is 0 Å². The fourth-order valence-electron chi connectivity index (χ4n) is 5.25. The van der Waals surface area contributed by atoms with Crippen LogP contribution in [-0.2, 0) is 12.8 Å². The van der Waals surface area contributed by atoms with E-state index in [-0.39, 0.29) is 35.5 Å². The number of ketones is 1. The number of nitrogens with zero attached hydrogens (tertiary/aromatic N) is 2. The van der Waals surface area contributed by atoms with Crippen LogP contribution in [0.1, 0.15) is 70.9 Å². The van der Waals surface area contributed by atoms with Gasteiger partial charge < -0.3 is 10.5 Å². The molecular formula is C29H30FN3O2. The molecule has 0 saturated heterocycles. The molecule has 2 fully saturated rings. The summed E-state index contributed by atoms with van der Waals surface area (Å²) < 4.78 is 13.6. The molecule has 180 valence electrons. The number of rotatable bonds is 9. The van der Waals surface area contributed by atoms with Crippen molar-refractivity contribution in [3.63, 3.8) is 0 Å². The molecule has 2 aliphatic carbocycles. The topological polar surface area (TPSA) is 86.9 Å². The Bertz CT molecular complexity index is 1230. The Morgan fingerprint density at radius 2 is 1.94 bits per heavy atom. The molecule has 0 amide bonds. The molecule has 2 heterocycles. The molecular weight excluding hydrogens is 441 g/mol. The first-order chi connectivity index (χ1) is 17.0. The van der Waals surface area contributed by atoms with E-state index >= 15 is 0 Å². The normalized spacial score (nSPS) is 23.3. The van der Waals surface area contributed by atoms with E-state index < -0.39 is 0 Å². The SMILES string of the molecule is N=C(CCc1cccc(F)c1)c1nc(C2CC[C@H](O)C2)ccc1C(=O)C1CC1Cc1cccnc1. The first kappa shape index (κ1) is 23.5. The summed E-state index contributed by atoms with van der Waals surface area (Å²) in [5.41, 5.74) is 4.03. The van der Waals surface area contributed by atoms with Gasteiger partial charge in [-0.3, -0.25) is 14.8 Å². The van der Waals surface area contributed by atoms with E-state index in [9.17, 15) is 14.3 Å². The minimum absolute atomic E-state index is 0.0508. The van der Waals surface area contributed by atoms with Crippen LogP contribution < -0.4 is 0 Å². The third-order valence-corrected chi connectivity index (χ3v) is 7.32. The molecule has 3 unspecified atom stereocenters. The molecule has 0 radical (unpaired) electrons. The van der Waals surface area contributed by atoms with Gasteiger partial charge in [-0.15, -0.1) is 0 Å². The van der Waals surface area contributed by atoms with Crippen molar-refractivity contribution in [2.24, 2.45) is 11.8 Å². The Labute approximate surface area is 205 Å². The number of aliphatic hydroxyl groups excluding tert-OH is 1. The predicted octanol–water partition coefficient (Wildman–Crippen LogP) is 5.31. The Morgan fingerprint density at radius 3 is 2.69 bits per heavy atom. The molecule has 2 aliphatic rings. The number of halogens is 1. The number of aryl methyl sites for hydroxylation is 1. The molecule has 35 heavy (non-hydrogen) atoms. The molecule has 2 N–H and O–H groups in total. The average Bonchev–Trinajstić information content (AvgIpc) is 3.50. The largest absolute Gasteiger partial charge is 0.393 e. The van der Waals surface area contributed by atoms with Gasteiger partial charge in [0.15, 0.2) is 5.78 Å². The minimum Gasteiger partial charge on any atom is -0.393 e. The van der Waals surface area contributed by atoms with Crippen LogP contribution in [-0.4, -0.2) is 32.7 Å². The highest BCUT2D eigenvalue weighted by molar-refractivity contribution is 6.10. The Balaban J connectivity index is 1.36. The Morgan fingerprint density at radius 1 is 1.09 bits per heavy atom. The van der Waals surface area contributed by atoms with E-state index in [0.29, 0.717) is 36.2 Å². The van der Waals surface area contributed by atoms with Crippen molar-refractivity contribution in [3.8, 4) is 0 Å². The third-order valence-electron chi connectivity index (χ3n) is 7.32. The number of aliphatic hydroxyl groups is 1. The molecule has 0 bridgehead atoms. The fourth-order valence-corrected chi connectivity index (χ4v) is 5.25. The van der Waals surface area contributed by atoms with Crippen molar-refractivity contribution >= 4 is 11.5 Å². The summed E-state index contributed by atoms with van der Waals surface area (Å²) in [6.45, 7) is 0. The van der Waals surface area contributed by atoms with Gasteiger partial charge in [-0.2, -0.15) is 0 Å². The lowest BCUT2D eigenvalue weighted by molar-refractivity contribution is 0.0960. The van der Waals surface area contributed by atoms with E-state index in [1.807, 2.05) is 36.5 Å². The first-order valence-corrected chi connectivity index (χ1v) is 12.4. The zero-order valence-corrected chi connectivity index (χ0v) is 19.7. The highest BCUT2D eigenvalue weighted by Gasteiger charge is 2.44. The quantitative estimate of drug-likeness (QED) is 0.327. The smallest absolute Gasteiger partial charge is 0.168 e. The standard InChI is InChI=1S/C29H30FN3O2/c30-22-5-1-3-18(14-22)6-10-26(31)28-24(9-11-27(33-28)20-7-8-23(34)15-20)29(35)25-16-21(25)13-19-4-2-12-32-17-19/h1-5,9,11-12,14,17,20-21,23,25,31,34H,6-8,10,13,15-16H2/t20?,21?,23-,25?/m0/s1. The second-order valence-electron chi connectivity index (χ2n) is 9.94. The maximum absolute atomic E-state index is 13.6. The molecule has 0 aliphatic heterocycles. The third kappa shape index (κ3) is 5.54. The lowest BCUT2D eigenvalue weighted by Gasteiger charge is -2.15. The summed E-state index contributed by atoms with van der Waals surface area (Å²) in [7, 11) is 0. The summed E-state index contributed by atoms with van der Waals surface area (Å²) in [5, 5.41) is 18.8. The Hall–Kier alpha value is -3.25. The van der Waals surface area contributed by atoms with E-state index in [0.717, 1.165) is 42.5 Å². The van der Waals surface area contributed by atoms with Crippen molar-refractivity contribution in [2.75, 3.05) is 0 Å². The summed E-state index contributed by atoms with van der Waals surface area (Å²) in [6, 6.07) is 14.1. The molecule has 5 nitrogen and oxygen atoms in total. The number of pyridine rings is 2. The van der Waals surface area contributed by atoms with Crippen molar-refractivity contribution in [1.29, 1.82) is 5.41 Å².